The molecule has 0 radical (unpaired) electrons. The second kappa shape index (κ2) is 8.72. The average molecular weight is 356 g/mol. The lowest BCUT2D eigenvalue weighted by Crippen LogP contribution is -2.31. The standard InChI is InChI=1S/C20H24N2O2S/c1-13(2)21-20(24)17-7-5-6-8-18(17)22-19(23)15(4)25-16-11-9-14(3)10-12-16/h5-13,15H,1-4H3,(H,21,24)(H,22,23)/t15-/m1/s1. The largest absolute Gasteiger partial charge is 0.350 e. The van der Waals surface area contributed by atoms with Gasteiger partial charge < -0.3 is 10.6 Å². The van der Waals surface area contributed by atoms with E-state index >= 15 is 0 Å². The van der Waals surface area contributed by atoms with Crippen LogP contribution in [0.15, 0.2) is 53.4 Å². The fraction of sp³-hybridized carbons (Fsp3) is 0.300. The molecular formula is C20H24N2O2S. The SMILES string of the molecule is Cc1ccc(S[C@H](C)C(=O)Nc2ccccc2C(=O)NC(C)C)cc1. The van der Waals surface area contributed by atoms with Crippen LogP contribution in [-0.4, -0.2) is 23.1 Å². The van der Waals surface area contributed by atoms with Crippen molar-refractivity contribution in [3.05, 3.63) is 59.7 Å². The smallest absolute Gasteiger partial charge is 0.253 e. The lowest BCUT2D eigenvalue weighted by molar-refractivity contribution is -0.115. The number of anilines is 1. The zero-order valence-electron chi connectivity index (χ0n) is 15.0. The predicted octanol–water partition coefficient (Wildman–Crippen LogP) is 4.25. The van der Waals surface area contributed by atoms with Gasteiger partial charge in [0.1, 0.15) is 0 Å². The third-order valence-electron chi connectivity index (χ3n) is 3.55. The first-order chi connectivity index (χ1) is 11.9. The van der Waals surface area contributed by atoms with Gasteiger partial charge in [-0.3, -0.25) is 9.59 Å². The minimum atomic E-state index is -0.274. The molecule has 0 bridgehead atoms. The molecule has 2 rings (SSSR count). The van der Waals surface area contributed by atoms with E-state index in [2.05, 4.69) is 10.6 Å². The molecule has 0 aromatic heterocycles. The molecule has 2 aromatic rings. The Kier molecular flexibility index (Phi) is 6.65. The summed E-state index contributed by atoms with van der Waals surface area (Å²) in [5.41, 5.74) is 2.19. The minimum absolute atomic E-state index is 0.0345. The number of thioether (sulfide) groups is 1. The maximum absolute atomic E-state index is 12.5. The van der Waals surface area contributed by atoms with Crippen molar-refractivity contribution in [2.75, 3.05) is 5.32 Å². The number of carbonyl (C=O) groups excluding carboxylic acids is 2. The van der Waals surface area contributed by atoms with Crippen molar-refractivity contribution < 1.29 is 9.59 Å². The molecular weight excluding hydrogens is 332 g/mol. The molecule has 2 amide bonds. The highest BCUT2D eigenvalue weighted by molar-refractivity contribution is 8.00. The molecule has 0 aliphatic heterocycles. The van der Waals surface area contributed by atoms with Crippen molar-refractivity contribution in [2.24, 2.45) is 0 Å². The van der Waals surface area contributed by atoms with Crippen LogP contribution in [0.4, 0.5) is 5.69 Å². The van der Waals surface area contributed by atoms with E-state index in [0.717, 1.165) is 4.90 Å². The first-order valence-corrected chi connectivity index (χ1v) is 9.19. The van der Waals surface area contributed by atoms with Crippen LogP contribution < -0.4 is 10.6 Å². The summed E-state index contributed by atoms with van der Waals surface area (Å²) in [5.74, 6) is -0.319. The number of hydrogen-bond acceptors (Lipinski definition) is 3. The van der Waals surface area contributed by atoms with Crippen LogP contribution in [0, 0.1) is 6.92 Å². The quantitative estimate of drug-likeness (QED) is 0.761. The number of carbonyl (C=O) groups is 2. The zero-order valence-corrected chi connectivity index (χ0v) is 15.8. The predicted molar refractivity (Wildman–Crippen MR) is 104 cm³/mol. The van der Waals surface area contributed by atoms with Gasteiger partial charge in [-0.05, 0) is 52.0 Å². The number of amides is 2. The molecule has 0 fully saturated rings. The van der Waals surface area contributed by atoms with Gasteiger partial charge in [-0.25, -0.2) is 0 Å². The molecule has 2 aromatic carbocycles. The van der Waals surface area contributed by atoms with Crippen LogP contribution in [0.1, 0.15) is 36.7 Å². The Morgan fingerprint density at radius 2 is 1.60 bits per heavy atom. The Labute approximate surface area is 153 Å². The van der Waals surface area contributed by atoms with Crippen molar-refractivity contribution in [3.8, 4) is 0 Å². The van der Waals surface area contributed by atoms with E-state index in [1.54, 1.807) is 24.3 Å². The number of aryl methyl sites for hydroxylation is 1. The Morgan fingerprint density at radius 3 is 2.24 bits per heavy atom. The highest BCUT2D eigenvalue weighted by Gasteiger charge is 2.18. The van der Waals surface area contributed by atoms with Crippen LogP contribution in [0.25, 0.3) is 0 Å². The highest BCUT2D eigenvalue weighted by atomic mass is 32.2. The molecule has 0 heterocycles. The van der Waals surface area contributed by atoms with Gasteiger partial charge in [0, 0.05) is 10.9 Å². The molecule has 1 atom stereocenters. The van der Waals surface area contributed by atoms with Gasteiger partial charge in [0.25, 0.3) is 5.91 Å². The van der Waals surface area contributed by atoms with Gasteiger partial charge in [-0.1, -0.05) is 29.8 Å². The maximum Gasteiger partial charge on any atom is 0.253 e. The van der Waals surface area contributed by atoms with Crippen molar-refractivity contribution in [2.45, 2.75) is 43.9 Å². The Bertz CT molecular complexity index is 742. The van der Waals surface area contributed by atoms with Gasteiger partial charge in [0.2, 0.25) is 5.91 Å². The van der Waals surface area contributed by atoms with Gasteiger partial charge in [0.15, 0.2) is 0 Å². The fourth-order valence-electron chi connectivity index (χ4n) is 2.24. The topological polar surface area (TPSA) is 58.2 Å². The van der Waals surface area contributed by atoms with Crippen LogP contribution in [0.5, 0.6) is 0 Å². The zero-order chi connectivity index (χ0) is 18.4. The van der Waals surface area contributed by atoms with Crippen molar-refractivity contribution in [1.82, 2.24) is 5.32 Å². The Balaban J connectivity index is 2.07. The molecule has 0 saturated carbocycles. The second-order valence-corrected chi connectivity index (χ2v) is 7.65. The maximum atomic E-state index is 12.5. The van der Waals surface area contributed by atoms with Gasteiger partial charge in [-0.2, -0.15) is 0 Å². The third kappa shape index (κ3) is 5.64. The summed E-state index contributed by atoms with van der Waals surface area (Å²) in [6.45, 7) is 7.69. The average Bonchev–Trinajstić information content (AvgIpc) is 2.56. The van der Waals surface area contributed by atoms with E-state index in [4.69, 9.17) is 0 Å². The normalized spacial score (nSPS) is 11.9. The Morgan fingerprint density at radius 1 is 0.960 bits per heavy atom. The highest BCUT2D eigenvalue weighted by Crippen LogP contribution is 2.25. The second-order valence-electron chi connectivity index (χ2n) is 6.24. The van der Waals surface area contributed by atoms with Gasteiger partial charge in [-0.15, -0.1) is 11.8 Å². The van der Waals surface area contributed by atoms with Crippen LogP contribution in [0.3, 0.4) is 0 Å². The number of nitrogens with one attached hydrogen (secondary N) is 2. The molecule has 2 N–H and O–H groups in total. The first-order valence-electron chi connectivity index (χ1n) is 8.31. The van der Waals surface area contributed by atoms with E-state index < -0.39 is 0 Å². The van der Waals surface area contributed by atoms with E-state index in [1.165, 1.54) is 17.3 Å². The number of para-hydroxylation sites is 1. The molecule has 0 spiro atoms. The lowest BCUT2D eigenvalue weighted by atomic mass is 10.1. The fourth-order valence-corrected chi connectivity index (χ4v) is 3.11. The number of benzene rings is 2. The minimum Gasteiger partial charge on any atom is -0.350 e. The van der Waals surface area contributed by atoms with Crippen LogP contribution >= 0.6 is 11.8 Å². The summed E-state index contributed by atoms with van der Waals surface area (Å²) in [7, 11) is 0. The molecule has 4 nitrogen and oxygen atoms in total. The van der Waals surface area contributed by atoms with Gasteiger partial charge in [0.05, 0.1) is 16.5 Å². The molecule has 25 heavy (non-hydrogen) atoms. The molecule has 0 aliphatic rings. The lowest BCUT2D eigenvalue weighted by Gasteiger charge is -2.15. The number of hydrogen-bond donors (Lipinski definition) is 2. The molecule has 0 saturated heterocycles. The van der Waals surface area contributed by atoms with Crippen molar-refractivity contribution in [1.29, 1.82) is 0 Å². The summed E-state index contributed by atoms with van der Waals surface area (Å²) in [4.78, 5) is 25.8. The van der Waals surface area contributed by atoms with Crippen LogP contribution in [-0.2, 0) is 4.79 Å². The monoisotopic (exact) mass is 356 g/mol. The summed E-state index contributed by atoms with van der Waals surface area (Å²) in [6, 6.07) is 15.2. The van der Waals surface area contributed by atoms with E-state index in [1.807, 2.05) is 52.0 Å². The first kappa shape index (κ1) is 19.1. The van der Waals surface area contributed by atoms with Crippen molar-refractivity contribution in [3.63, 3.8) is 0 Å². The Hall–Kier alpha value is -2.27. The summed E-state index contributed by atoms with van der Waals surface area (Å²) >= 11 is 1.49. The van der Waals surface area contributed by atoms with E-state index in [-0.39, 0.29) is 23.1 Å². The molecule has 5 heteroatoms. The van der Waals surface area contributed by atoms with Gasteiger partial charge >= 0.3 is 0 Å². The third-order valence-corrected chi connectivity index (χ3v) is 4.66. The molecule has 132 valence electrons. The van der Waals surface area contributed by atoms with Crippen LogP contribution in [0.2, 0.25) is 0 Å². The summed E-state index contributed by atoms with van der Waals surface area (Å²) in [6.07, 6.45) is 0. The van der Waals surface area contributed by atoms with Crippen molar-refractivity contribution >= 4 is 29.3 Å². The molecule has 0 aliphatic carbocycles. The summed E-state index contributed by atoms with van der Waals surface area (Å²) < 4.78 is 0. The molecule has 0 unspecified atom stereocenters. The van der Waals surface area contributed by atoms with E-state index in [9.17, 15) is 9.59 Å². The number of rotatable bonds is 6. The summed E-state index contributed by atoms with van der Waals surface area (Å²) in [5, 5.41) is 5.45. The van der Waals surface area contributed by atoms with E-state index in [0.29, 0.717) is 11.3 Å².